The van der Waals surface area contributed by atoms with Crippen molar-refractivity contribution < 1.29 is 9.47 Å². The van der Waals surface area contributed by atoms with E-state index >= 15 is 0 Å². The van der Waals surface area contributed by atoms with Gasteiger partial charge in [-0.2, -0.15) is 0 Å². The van der Waals surface area contributed by atoms with Crippen molar-refractivity contribution in [2.45, 2.75) is 25.3 Å². The maximum Gasteiger partial charge on any atom is 0.142 e. The van der Waals surface area contributed by atoms with Gasteiger partial charge in [0.2, 0.25) is 0 Å². The number of methoxy groups -OCH3 is 2. The highest BCUT2D eigenvalue weighted by atomic mass is 16.5. The van der Waals surface area contributed by atoms with Gasteiger partial charge in [-0.1, -0.05) is 6.42 Å². The molecule has 4 heteroatoms. The second-order valence-electron chi connectivity index (χ2n) is 4.74. The van der Waals surface area contributed by atoms with Gasteiger partial charge >= 0.3 is 0 Å². The van der Waals surface area contributed by atoms with Gasteiger partial charge in [-0.15, -0.1) is 0 Å². The number of nitrogens with one attached hydrogen (secondary N) is 1. The molecule has 0 amide bonds. The Morgan fingerprint density at radius 2 is 2.11 bits per heavy atom. The molecule has 0 bridgehead atoms. The standard InChI is InChI=1S/C14H22N2O2/c1-17-11-6-7-14(18-2)13(8-11)16-12-5-3-4-10(12)9-15/h6-8,10,12,16H,3-5,9,15H2,1-2H3. The first kappa shape index (κ1) is 13.0. The third-order valence-electron chi connectivity index (χ3n) is 3.71. The van der Waals surface area contributed by atoms with Gasteiger partial charge in [0, 0.05) is 12.1 Å². The molecule has 1 aromatic rings. The molecular weight excluding hydrogens is 228 g/mol. The van der Waals surface area contributed by atoms with Crippen LogP contribution in [-0.2, 0) is 0 Å². The molecule has 0 aromatic heterocycles. The Balaban J connectivity index is 2.16. The van der Waals surface area contributed by atoms with E-state index in [1.54, 1.807) is 14.2 Å². The van der Waals surface area contributed by atoms with Crippen LogP contribution in [-0.4, -0.2) is 26.8 Å². The lowest BCUT2D eigenvalue weighted by Gasteiger charge is -2.22. The number of hydrogen-bond donors (Lipinski definition) is 2. The molecule has 100 valence electrons. The lowest BCUT2D eigenvalue weighted by Crippen LogP contribution is -2.29. The first-order valence-corrected chi connectivity index (χ1v) is 6.47. The third kappa shape index (κ3) is 2.70. The van der Waals surface area contributed by atoms with Gasteiger partial charge in [0.25, 0.3) is 0 Å². The van der Waals surface area contributed by atoms with Crippen LogP contribution in [0.1, 0.15) is 19.3 Å². The van der Waals surface area contributed by atoms with E-state index in [4.69, 9.17) is 15.2 Å². The maximum absolute atomic E-state index is 5.81. The number of benzene rings is 1. The number of ether oxygens (including phenoxy) is 2. The molecule has 2 unspecified atom stereocenters. The molecule has 1 aliphatic carbocycles. The van der Waals surface area contributed by atoms with Crippen LogP contribution >= 0.6 is 0 Å². The first-order valence-electron chi connectivity index (χ1n) is 6.47. The number of rotatable bonds is 5. The van der Waals surface area contributed by atoms with Crippen LogP contribution in [0.4, 0.5) is 5.69 Å². The van der Waals surface area contributed by atoms with E-state index in [-0.39, 0.29) is 0 Å². The van der Waals surface area contributed by atoms with Gasteiger partial charge in [0.05, 0.1) is 19.9 Å². The van der Waals surface area contributed by atoms with Crippen molar-refractivity contribution in [3.8, 4) is 11.5 Å². The summed E-state index contributed by atoms with van der Waals surface area (Å²) in [5.41, 5.74) is 6.80. The normalized spacial score (nSPS) is 22.8. The summed E-state index contributed by atoms with van der Waals surface area (Å²) in [6, 6.07) is 6.24. The van der Waals surface area contributed by atoms with Gasteiger partial charge in [-0.05, 0) is 37.4 Å². The highest BCUT2D eigenvalue weighted by Crippen LogP contribution is 2.33. The van der Waals surface area contributed by atoms with Crippen LogP contribution in [0.3, 0.4) is 0 Å². The van der Waals surface area contributed by atoms with Gasteiger partial charge in [0.15, 0.2) is 0 Å². The van der Waals surface area contributed by atoms with E-state index in [0.717, 1.165) is 23.7 Å². The summed E-state index contributed by atoms with van der Waals surface area (Å²) in [4.78, 5) is 0. The van der Waals surface area contributed by atoms with Gasteiger partial charge in [-0.25, -0.2) is 0 Å². The molecule has 1 saturated carbocycles. The molecule has 4 nitrogen and oxygen atoms in total. The lowest BCUT2D eigenvalue weighted by atomic mass is 10.0. The number of nitrogens with two attached hydrogens (primary N) is 1. The first-order chi connectivity index (χ1) is 8.78. The molecule has 2 atom stereocenters. The Morgan fingerprint density at radius 1 is 1.28 bits per heavy atom. The Hall–Kier alpha value is -1.42. The van der Waals surface area contributed by atoms with Crippen LogP contribution in [0.25, 0.3) is 0 Å². The second-order valence-corrected chi connectivity index (χ2v) is 4.74. The van der Waals surface area contributed by atoms with Gasteiger partial charge < -0.3 is 20.5 Å². The average molecular weight is 250 g/mol. The van der Waals surface area contributed by atoms with Gasteiger partial charge in [0.1, 0.15) is 11.5 Å². The fraction of sp³-hybridized carbons (Fsp3) is 0.571. The van der Waals surface area contributed by atoms with Crippen molar-refractivity contribution in [3.63, 3.8) is 0 Å². The molecular formula is C14H22N2O2. The molecule has 0 radical (unpaired) electrons. The van der Waals surface area contributed by atoms with E-state index in [0.29, 0.717) is 12.0 Å². The van der Waals surface area contributed by atoms with Crippen molar-refractivity contribution >= 4 is 5.69 Å². The Bertz CT molecular complexity index is 395. The fourth-order valence-electron chi connectivity index (χ4n) is 2.64. The number of anilines is 1. The molecule has 18 heavy (non-hydrogen) atoms. The molecule has 0 aliphatic heterocycles. The van der Waals surface area contributed by atoms with E-state index in [1.165, 1.54) is 19.3 Å². The molecule has 3 N–H and O–H groups in total. The molecule has 2 rings (SSSR count). The van der Waals surface area contributed by atoms with E-state index in [1.807, 2.05) is 18.2 Å². The van der Waals surface area contributed by atoms with Crippen LogP contribution in [0.2, 0.25) is 0 Å². The van der Waals surface area contributed by atoms with E-state index in [9.17, 15) is 0 Å². The summed E-state index contributed by atoms with van der Waals surface area (Å²) in [5.74, 6) is 2.24. The molecule has 0 saturated heterocycles. The summed E-state index contributed by atoms with van der Waals surface area (Å²) in [6.07, 6.45) is 3.62. The zero-order valence-corrected chi connectivity index (χ0v) is 11.1. The SMILES string of the molecule is COc1ccc(OC)c(NC2CCCC2CN)c1. The zero-order chi connectivity index (χ0) is 13.0. The number of hydrogen-bond acceptors (Lipinski definition) is 4. The Kier molecular flexibility index (Phi) is 4.31. The minimum atomic E-state index is 0.441. The minimum Gasteiger partial charge on any atom is -0.497 e. The third-order valence-corrected chi connectivity index (χ3v) is 3.71. The largest absolute Gasteiger partial charge is 0.497 e. The predicted molar refractivity (Wildman–Crippen MR) is 73.4 cm³/mol. The highest BCUT2D eigenvalue weighted by molar-refractivity contribution is 5.60. The topological polar surface area (TPSA) is 56.5 Å². The molecule has 0 heterocycles. The van der Waals surface area contributed by atoms with Gasteiger partial charge in [-0.3, -0.25) is 0 Å². The lowest BCUT2D eigenvalue weighted by molar-refractivity contribution is 0.403. The molecule has 1 aromatic carbocycles. The molecule has 1 fully saturated rings. The summed E-state index contributed by atoms with van der Waals surface area (Å²) < 4.78 is 10.6. The van der Waals surface area contributed by atoms with Crippen molar-refractivity contribution in [3.05, 3.63) is 18.2 Å². The average Bonchev–Trinajstić information content (AvgIpc) is 2.86. The summed E-state index contributed by atoms with van der Waals surface area (Å²) in [6.45, 7) is 0.740. The van der Waals surface area contributed by atoms with E-state index < -0.39 is 0 Å². The van der Waals surface area contributed by atoms with Crippen molar-refractivity contribution in [2.75, 3.05) is 26.1 Å². The maximum atomic E-state index is 5.81. The smallest absolute Gasteiger partial charge is 0.142 e. The van der Waals surface area contributed by atoms with Crippen molar-refractivity contribution in [1.82, 2.24) is 0 Å². The van der Waals surface area contributed by atoms with Crippen molar-refractivity contribution in [2.24, 2.45) is 11.7 Å². The predicted octanol–water partition coefficient (Wildman–Crippen LogP) is 2.24. The highest BCUT2D eigenvalue weighted by Gasteiger charge is 2.26. The fourth-order valence-corrected chi connectivity index (χ4v) is 2.64. The molecule has 0 spiro atoms. The Morgan fingerprint density at radius 3 is 2.78 bits per heavy atom. The summed E-state index contributed by atoms with van der Waals surface area (Å²) in [5, 5.41) is 3.55. The molecule has 1 aliphatic rings. The van der Waals surface area contributed by atoms with Crippen molar-refractivity contribution in [1.29, 1.82) is 0 Å². The van der Waals surface area contributed by atoms with Crippen LogP contribution in [0.15, 0.2) is 18.2 Å². The Labute approximate surface area is 108 Å². The monoisotopic (exact) mass is 250 g/mol. The van der Waals surface area contributed by atoms with Crippen LogP contribution < -0.4 is 20.5 Å². The summed E-state index contributed by atoms with van der Waals surface area (Å²) >= 11 is 0. The second kappa shape index (κ2) is 5.96. The minimum absolute atomic E-state index is 0.441. The summed E-state index contributed by atoms with van der Waals surface area (Å²) in [7, 11) is 3.35. The van der Waals surface area contributed by atoms with Crippen LogP contribution in [0.5, 0.6) is 11.5 Å². The van der Waals surface area contributed by atoms with Crippen LogP contribution in [0, 0.1) is 5.92 Å². The quantitative estimate of drug-likeness (QED) is 0.841. The van der Waals surface area contributed by atoms with E-state index in [2.05, 4.69) is 5.32 Å². The zero-order valence-electron chi connectivity index (χ0n) is 11.1.